The standard InChI is InChI=1S/C7H12ClNO2/c1-3-7(4-2)5-11-6(10)9(7)8/h3-5H2,1-2H3. The SMILES string of the molecule is CCC1(CC)COC(=O)N1Cl. The lowest BCUT2D eigenvalue weighted by atomic mass is 9.95. The molecule has 0 aromatic carbocycles. The Hall–Kier alpha value is -0.440. The van der Waals surface area contributed by atoms with Crippen LogP contribution in [0, 0.1) is 0 Å². The molecule has 0 aromatic rings. The zero-order valence-corrected chi connectivity index (χ0v) is 7.52. The van der Waals surface area contributed by atoms with Gasteiger partial charge < -0.3 is 4.74 Å². The monoisotopic (exact) mass is 177 g/mol. The van der Waals surface area contributed by atoms with Gasteiger partial charge in [0.25, 0.3) is 0 Å². The Morgan fingerprint density at radius 3 is 2.36 bits per heavy atom. The Morgan fingerprint density at radius 2 is 2.18 bits per heavy atom. The molecular formula is C7H12ClNO2. The Morgan fingerprint density at radius 1 is 1.64 bits per heavy atom. The molecule has 1 fully saturated rings. The average Bonchev–Trinajstić information content (AvgIpc) is 2.32. The van der Waals surface area contributed by atoms with Gasteiger partial charge >= 0.3 is 6.09 Å². The highest BCUT2D eigenvalue weighted by Gasteiger charge is 2.44. The predicted octanol–water partition coefficient (Wildman–Crippen LogP) is 2.15. The Bertz CT molecular complexity index is 168. The van der Waals surface area contributed by atoms with Gasteiger partial charge in [0.2, 0.25) is 0 Å². The second-order valence-electron chi connectivity index (χ2n) is 2.77. The van der Waals surface area contributed by atoms with E-state index in [1.165, 1.54) is 4.42 Å². The van der Waals surface area contributed by atoms with Gasteiger partial charge in [-0.25, -0.2) is 9.21 Å². The number of nitrogens with zero attached hydrogens (tertiary/aromatic N) is 1. The maximum absolute atomic E-state index is 10.9. The molecule has 0 atom stereocenters. The van der Waals surface area contributed by atoms with Crippen LogP contribution in [0.25, 0.3) is 0 Å². The van der Waals surface area contributed by atoms with Crippen LogP contribution in [0.1, 0.15) is 26.7 Å². The first-order valence-electron chi connectivity index (χ1n) is 3.79. The molecule has 4 heteroatoms. The van der Waals surface area contributed by atoms with E-state index in [0.717, 1.165) is 12.8 Å². The Kier molecular flexibility index (Phi) is 2.28. The van der Waals surface area contributed by atoms with Crippen LogP contribution >= 0.6 is 11.8 Å². The van der Waals surface area contributed by atoms with Gasteiger partial charge in [-0.15, -0.1) is 0 Å². The minimum atomic E-state index is -0.421. The number of carbonyl (C=O) groups is 1. The maximum Gasteiger partial charge on any atom is 0.425 e. The number of ether oxygens (including phenoxy) is 1. The summed E-state index contributed by atoms with van der Waals surface area (Å²) in [6.07, 6.45) is 1.24. The molecule has 0 N–H and O–H groups in total. The van der Waals surface area contributed by atoms with Crippen molar-refractivity contribution in [3.05, 3.63) is 0 Å². The largest absolute Gasteiger partial charge is 0.446 e. The van der Waals surface area contributed by atoms with Gasteiger partial charge in [-0.3, -0.25) is 0 Å². The van der Waals surface area contributed by atoms with E-state index < -0.39 is 6.09 Å². The number of halogens is 1. The smallest absolute Gasteiger partial charge is 0.425 e. The van der Waals surface area contributed by atoms with E-state index in [9.17, 15) is 4.79 Å². The fourth-order valence-corrected chi connectivity index (χ4v) is 1.57. The fourth-order valence-electron chi connectivity index (χ4n) is 1.23. The van der Waals surface area contributed by atoms with E-state index in [1.807, 2.05) is 13.8 Å². The normalized spacial score (nSPS) is 22.1. The van der Waals surface area contributed by atoms with Crippen molar-refractivity contribution in [2.24, 2.45) is 0 Å². The molecule has 1 aliphatic heterocycles. The van der Waals surface area contributed by atoms with Crippen LogP contribution in [0.15, 0.2) is 0 Å². The van der Waals surface area contributed by atoms with Crippen molar-refractivity contribution in [2.45, 2.75) is 32.2 Å². The van der Waals surface area contributed by atoms with Crippen LogP contribution in [0.3, 0.4) is 0 Å². The predicted molar refractivity (Wildman–Crippen MR) is 42.4 cm³/mol. The number of hydrogen-bond acceptors (Lipinski definition) is 2. The molecule has 0 radical (unpaired) electrons. The highest BCUT2D eigenvalue weighted by Crippen LogP contribution is 2.32. The highest BCUT2D eigenvalue weighted by atomic mass is 35.5. The van der Waals surface area contributed by atoms with Crippen LogP contribution in [-0.4, -0.2) is 22.7 Å². The topological polar surface area (TPSA) is 29.5 Å². The molecule has 0 spiro atoms. The summed E-state index contributed by atoms with van der Waals surface area (Å²) >= 11 is 5.74. The minimum absolute atomic E-state index is 0.265. The molecule has 0 bridgehead atoms. The Balaban J connectivity index is 2.77. The molecule has 64 valence electrons. The first-order chi connectivity index (χ1) is 5.16. The number of cyclic esters (lactones) is 1. The molecular weight excluding hydrogens is 166 g/mol. The maximum atomic E-state index is 10.9. The molecule has 1 rings (SSSR count). The molecule has 1 saturated heterocycles. The molecule has 0 aliphatic carbocycles. The zero-order chi connectivity index (χ0) is 8.48. The molecule has 11 heavy (non-hydrogen) atoms. The van der Waals surface area contributed by atoms with Crippen molar-refractivity contribution in [1.82, 2.24) is 4.42 Å². The molecule has 3 nitrogen and oxygen atoms in total. The van der Waals surface area contributed by atoms with E-state index in [0.29, 0.717) is 6.61 Å². The van der Waals surface area contributed by atoms with Gasteiger partial charge in [0.15, 0.2) is 0 Å². The third-order valence-corrected chi connectivity index (χ3v) is 2.85. The lowest BCUT2D eigenvalue weighted by Crippen LogP contribution is -2.40. The van der Waals surface area contributed by atoms with E-state index in [1.54, 1.807) is 0 Å². The van der Waals surface area contributed by atoms with Crippen LogP contribution in [-0.2, 0) is 4.74 Å². The summed E-state index contributed by atoms with van der Waals surface area (Å²) in [7, 11) is 0. The summed E-state index contributed by atoms with van der Waals surface area (Å²) < 4.78 is 6.01. The second-order valence-corrected chi connectivity index (χ2v) is 3.10. The molecule has 1 aliphatic rings. The van der Waals surface area contributed by atoms with Crippen molar-refractivity contribution < 1.29 is 9.53 Å². The van der Waals surface area contributed by atoms with Gasteiger partial charge in [-0.05, 0) is 12.8 Å². The summed E-state index contributed by atoms with van der Waals surface area (Å²) in [5.41, 5.74) is -0.265. The van der Waals surface area contributed by atoms with Gasteiger partial charge in [0.05, 0.1) is 5.54 Å². The summed E-state index contributed by atoms with van der Waals surface area (Å²) in [6, 6.07) is 0. The van der Waals surface area contributed by atoms with Crippen molar-refractivity contribution in [3.63, 3.8) is 0 Å². The van der Waals surface area contributed by atoms with E-state index in [-0.39, 0.29) is 5.54 Å². The van der Waals surface area contributed by atoms with E-state index >= 15 is 0 Å². The minimum Gasteiger partial charge on any atom is -0.446 e. The molecule has 0 aromatic heterocycles. The van der Waals surface area contributed by atoms with Gasteiger partial charge in [-0.2, -0.15) is 0 Å². The van der Waals surface area contributed by atoms with E-state index in [4.69, 9.17) is 16.5 Å². The average molecular weight is 178 g/mol. The first kappa shape index (κ1) is 8.65. The van der Waals surface area contributed by atoms with E-state index in [2.05, 4.69) is 0 Å². The van der Waals surface area contributed by atoms with Gasteiger partial charge in [0.1, 0.15) is 6.61 Å². The zero-order valence-electron chi connectivity index (χ0n) is 6.76. The van der Waals surface area contributed by atoms with Crippen LogP contribution in [0.2, 0.25) is 0 Å². The van der Waals surface area contributed by atoms with Crippen molar-refractivity contribution in [2.75, 3.05) is 6.61 Å². The molecule has 1 amide bonds. The van der Waals surface area contributed by atoms with Crippen LogP contribution < -0.4 is 0 Å². The third kappa shape index (κ3) is 1.18. The van der Waals surface area contributed by atoms with Crippen LogP contribution in [0.5, 0.6) is 0 Å². The number of rotatable bonds is 2. The summed E-state index contributed by atoms with van der Waals surface area (Å²) in [4.78, 5) is 10.9. The number of hydrogen-bond donors (Lipinski definition) is 0. The van der Waals surface area contributed by atoms with Crippen LogP contribution in [0.4, 0.5) is 4.79 Å². The van der Waals surface area contributed by atoms with Gasteiger partial charge in [0, 0.05) is 11.8 Å². The lowest BCUT2D eigenvalue weighted by molar-refractivity contribution is 0.169. The third-order valence-electron chi connectivity index (χ3n) is 2.36. The van der Waals surface area contributed by atoms with Crippen molar-refractivity contribution >= 4 is 17.9 Å². The van der Waals surface area contributed by atoms with Gasteiger partial charge in [-0.1, -0.05) is 13.8 Å². The number of carbonyl (C=O) groups excluding carboxylic acids is 1. The molecule has 0 unspecified atom stereocenters. The molecule has 1 heterocycles. The highest BCUT2D eigenvalue weighted by molar-refractivity contribution is 6.21. The van der Waals surface area contributed by atoms with Crippen molar-refractivity contribution in [3.8, 4) is 0 Å². The quantitative estimate of drug-likeness (QED) is 0.605. The number of amides is 1. The second kappa shape index (κ2) is 2.89. The summed E-state index contributed by atoms with van der Waals surface area (Å²) in [5, 5.41) is 0. The summed E-state index contributed by atoms with van der Waals surface area (Å²) in [5.74, 6) is 0. The fraction of sp³-hybridized carbons (Fsp3) is 0.857. The Labute approximate surface area is 71.4 Å². The summed E-state index contributed by atoms with van der Waals surface area (Å²) in [6.45, 7) is 4.42. The lowest BCUT2D eigenvalue weighted by Gasteiger charge is -2.27. The first-order valence-corrected chi connectivity index (χ1v) is 4.13. The van der Waals surface area contributed by atoms with Crippen molar-refractivity contribution in [1.29, 1.82) is 0 Å². The molecule has 0 saturated carbocycles.